The second-order valence-corrected chi connectivity index (χ2v) is 6.93. The molecule has 1 fully saturated rings. The van der Waals surface area contributed by atoms with Crippen LogP contribution in [0, 0.1) is 11.3 Å². The van der Waals surface area contributed by atoms with Gasteiger partial charge in [0, 0.05) is 11.3 Å². The summed E-state index contributed by atoms with van der Waals surface area (Å²) < 4.78 is 2.28. The zero-order valence-electron chi connectivity index (χ0n) is 12.1. The SMILES string of the molecule is CSC1CCCC(n2c(CCl)nc3ccc(C#N)cc32)C1. The molecule has 0 N–H and O–H groups in total. The van der Waals surface area contributed by atoms with E-state index in [0.29, 0.717) is 22.7 Å². The van der Waals surface area contributed by atoms with Gasteiger partial charge in [0.1, 0.15) is 5.82 Å². The van der Waals surface area contributed by atoms with Crippen LogP contribution in [0.2, 0.25) is 0 Å². The first-order chi connectivity index (χ1) is 10.3. The Balaban J connectivity index is 2.08. The van der Waals surface area contributed by atoms with E-state index in [2.05, 4.69) is 21.9 Å². The van der Waals surface area contributed by atoms with Gasteiger partial charge < -0.3 is 4.57 Å². The number of nitriles is 1. The van der Waals surface area contributed by atoms with E-state index in [9.17, 15) is 0 Å². The molecule has 21 heavy (non-hydrogen) atoms. The number of fused-ring (bicyclic) bond motifs is 1. The Labute approximate surface area is 134 Å². The number of imidazole rings is 1. The minimum Gasteiger partial charge on any atom is -0.324 e. The summed E-state index contributed by atoms with van der Waals surface area (Å²) in [5.74, 6) is 1.34. The van der Waals surface area contributed by atoms with Crippen molar-refractivity contribution in [2.24, 2.45) is 0 Å². The molecule has 1 heterocycles. The van der Waals surface area contributed by atoms with Gasteiger partial charge in [-0.05, 0) is 43.7 Å². The molecule has 0 spiro atoms. The molecular weight excluding hydrogens is 302 g/mol. The van der Waals surface area contributed by atoms with Gasteiger partial charge in [0.2, 0.25) is 0 Å². The number of benzene rings is 1. The minimum atomic E-state index is 0.414. The molecule has 1 aliphatic carbocycles. The lowest BCUT2D eigenvalue weighted by molar-refractivity contribution is 0.362. The smallest absolute Gasteiger partial charge is 0.125 e. The number of halogens is 1. The Kier molecular flexibility index (Phi) is 4.42. The highest BCUT2D eigenvalue weighted by Gasteiger charge is 2.26. The lowest BCUT2D eigenvalue weighted by atomic mass is 9.94. The van der Waals surface area contributed by atoms with Gasteiger partial charge in [-0.3, -0.25) is 0 Å². The molecule has 110 valence electrons. The molecule has 0 aliphatic heterocycles. The number of rotatable bonds is 3. The van der Waals surface area contributed by atoms with Crippen LogP contribution in [0.3, 0.4) is 0 Å². The van der Waals surface area contributed by atoms with E-state index >= 15 is 0 Å². The van der Waals surface area contributed by atoms with Crippen molar-refractivity contribution >= 4 is 34.4 Å². The molecule has 1 aromatic heterocycles. The van der Waals surface area contributed by atoms with Crippen molar-refractivity contribution in [3.63, 3.8) is 0 Å². The van der Waals surface area contributed by atoms with Gasteiger partial charge in [-0.25, -0.2) is 4.98 Å². The Hall–Kier alpha value is -1.18. The summed E-state index contributed by atoms with van der Waals surface area (Å²) in [5.41, 5.74) is 2.68. The maximum absolute atomic E-state index is 9.13. The van der Waals surface area contributed by atoms with Gasteiger partial charge in [0.05, 0.1) is 28.5 Å². The van der Waals surface area contributed by atoms with Crippen molar-refractivity contribution in [3.8, 4) is 6.07 Å². The van der Waals surface area contributed by atoms with Crippen LogP contribution in [0.25, 0.3) is 11.0 Å². The van der Waals surface area contributed by atoms with Crippen LogP contribution >= 0.6 is 23.4 Å². The number of thioether (sulfide) groups is 1. The average molecular weight is 320 g/mol. The normalized spacial score (nSPS) is 22.3. The quantitative estimate of drug-likeness (QED) is 0.782. The summed E-state index contributed by atoms with van der Waals surface area (Å²) in [6.07, 6.45) is 7.06. The fourth-order valence-corrected chi connectivity index (χ4v) is 4.29. The van der Waals surface area contributed by atoms with Crippen LogP contribution in [0.1, 0.15) is 43.1 Å². The predicted octanol–water partition coefficient (Wildman–Crippen LogP) is 4.49. The van der Waals surface area contributed by atoms with Crippen molar-refractivity contribution in [1.82, 2.24) is 9.55 Å². The fraction of sp³-hybridized carbons (Fsp3) is 0.500. The molecule has 1 aliphatic rings. The van der Waals surface area contributed by atoms with Crippen molar-refractivity contribution in [2.75, 3.05) is 6.26 Å². The minimum absolute atomic E-state index is 0.414. The predicted molar refractivity (Wildman–Crippen MR) is 88.8 cm³/mol. The number of alkyl halides is 1. The first-order valence-electron chi connectivity index (χ1n) is 7.26. The third-order valence-electron chi connectivity index (χ3n) is 4.31. The standard InChI is InChI=1S/C16H18ClN3S/c1-21-13-4-2-3-12(8-13)20-15-7-11(10-18)5-6-14(15)19-16(20)9-17/h5-7,12-13H,2-4,8-9H2,1H3. The van der Waals surface area contributed by atoms with E-state index in [1.165, 1.54) is 19.3 Å². The third-order valence-corrected chi connectivity index (χ3v) is 5.64. The molecule has 3 nitrogen and oxygen atoms in total. The highest BCUT2D eigenvalue weighted by Crippen LogP contribution is 2.37. The summed E-state index contributed by atoms with van der Waals surface area (Å²) in [6.45, 7) is 0. The van der Waals surface area contributed by atoms with E-state index in [1.807, 2.05) is 30.0 Å². The second kappa shape index (κ2) is 6.29. The number of hydrogen-bond acceptors (Lipinski definition) is 3. The van der Waals surface area contributed by atoms with E-state index in [1.54, 1.807) is 0 Å². The lowest BCUT2D eigenvalue weighted by Crippen LogP contribution is -2.21. The van der Waals surface area contributed by atoms with Gasteiger partial charge in [-0.15, -0.1) is 11.6 Å². The largest absolute Gasteiger partial charge is 0.324 e. The van der Waals surface area contributed by atoms with E-state index in [0.717, 1.165) is 23.3 Å². The molecule has 2 atom stereocenters. The highest BCUT2D eigenvalue weighted by atomic mass is 35.5. The van der Waals surface area contributed by atoms with Crippen molar-refractivity contribution < 1.29 is 0 Å². The van der Waals surface area contributed by atoms with Crippen LogP contribution in [-0.4, -0.2) is 21.1 Å². The molecule has 0 radical (unpaired) electrons. The summed E-state index contributed by atoms with van der Waals surface area (Å²) >= 11 is 8.07. The van der Waals surface area contributed by atoms with Crippen molar-refractivity contribution in [1.29, 1.82) is 5.26 Å². The summed E-state index contributed by atoms with van der Waals surface area (Å²) in [6, 6.07) is 8.36. The molecule has 0 saturated heterocycles. The topological polar surface area (TPSA) is 41.6 Å². The molecule has 5 heteroatoms. The Morgan fingerprint density at radius 1 is 1.48 bits per heavy atom. The molecule has 1 aromatic carbocycles. The van der Waals surface area contributed by atoms with E-state index < -0.39 is 0 Å². The van der Waals surface area contributed by atoms with Crippen LogP contribution in [-0.2, 0) is 5.88 Å². The molecule has 2 aromatic rings. The lowest BCUT2D eigenvalue weighted by Gasteiger charge is -2.30. The average Bonchev–Trinajstić information content (AvgIpc) is 2.92. The van der Waals surface area contributed by atoms with Gasteiger partial charge >= 0.3 is 0 Å². The Bertz CT molecular complexity index is 689. The first-order valence-corrected chi connectivity index (χ1v) is 9.08. The first kappa shape index (κ1) is 14.7. The van der Waals surface area contributed by atoms with Gasteiger partial charge in [-0.1, -0.05) is 6.42 Å². The number of hydrogen-bond donors (Lipinski definition) is 0. The zero-order valence-corrected chi connectivity index (χ0v) is 13.6. The number of aromatic nitrogens is 2. The van der Waals surface area contributed by atoms with Crippen LogP contribution in [0.4, 0.5) is 0 Å². The molecule has 2 unspecified atom stereocenters. The maximum atomic E-state index is 9.13. The Morgan fingerprint density at radius 2 is 2.33 bits per heavy atom. The van der Waals surface area contributed by atoms with Crippen molar-refractivity contribution in [2.45, 2.75) is 42.9 Å². The van der Waals surface area contributed by atoms with Crippen molar-refractivity contribution in [3.05, 3.63) is 29.6 Å². The summed E-state index contributed by atoms with van der Waals surface area (Å²) in [4.78, 5) is 4.65. The van der Waals surface area contributed by atoms with Gasteiger partial charge in [-0.2, -0.15) is 17.0 Å². The molecule has 0 bridgehead atoms. The number of nitrogens with zero attached hydrogens (tertiary/aromatic N) is 3. The van der Waals surface area contributed by atoms with Gasteiger partial charge in [0.25, 0.3) is 0 Å². The highest BCUT2D eigenvalue weighted by molar-refractivity contribution is 7.99. The van der Waals surface area contributed by atoms with Crippen LogP contribution in [0.5, 0.6) is 0 Å². The van der Waals surface area contributed by atoms with Crippen LogP contribution < -0.4 is 0 Å². The summed E-state index contributed by atoms with van der Waals surface area (Å²) in [7, 11) is 0. The maximum Gasteiger partial charge on any atom is 0.125 e. The third kappa shape index (κ3) is 2.77. The molecular formula is C16H18ClN3S. The monoisotopic (exact) mass is 319 g/mol. The Morgan fingerprint density at radius 3 is 3.05 bits per heavy atom. The fourth-order valence-electron chi connectivity index (χ4n) is 3.28. The summed E-state index contributed by atoms with van der Waals surface area (Å²) in [5, 5.41) is 9.84. The van der Waals surface area contributed by atoms with Crippen LogP contribution in [0.15, 0.2) is 18.2 Å². The van der Waals surface area contributed by atoms with Gasteiger partial charge in [0.15, 0.2) is 0 Å². The molecule has 3 rings (SSSR count). The second-order valence-electron chi connectivity index (χ2n) is 5.53. The van der Waals surface area contributed by atoms with E-state index in [4.69, 9.17) is 16.9 Å². The zero-order chi connectivity index (χ0) is 14.8. The molecule has 0 amide bonds. The van der Waals surface area contributed by atoms with E-state index in [-0.39, 0.29) is 0 Å². The molecule has 1 saturated carbocycles.